The van der Waals surface area contributed by atoms with Crippen LogP contribution >= 0.6 is 0 Å². The zero-order valence-electron chi connectivity index (χ0n) is 14.7. The number of benzene rings is 1. The number of nitrogens with zero attached hydrogens (tertiary/aromatic N) is 3. The van der Waals surface area contributed by atoms with Gasteiger partial charge in [0.15, 0.2) is 6.04 Å². The maximum absolute atomic E-state index is 13.0. The van der Waals surface area contributed by atoms with Crippen molar-refractivity contribution < 1.29 is 24.6 Å². The number of carbonyl (C=O) groups excluding carboxylic acids is 1. The van der Waals surface area contributed by atoms with Crippen LogP contribution in [0.1, 0.15) is 25.7 Å². The van der Waals surface area contributed by atoms with Gasteiger partial charge in [0, 0.05) is 19.5 Å². The highest BCUT2D eigenvalue weighted by Gasteiger charge is 2.56. The summed E-state index contributed by atoms with van der Waals surface area (Å²) in [5, 5.41) is 24.9. The third-order valence-electron chi connectivity index (χ3n) is 6.05. The molecule has 0 spiro atoms. The topological polar surface area (TPSA) is 111 Å². The number of anilines is 1. The highest BCUT2D eigenvalue weighted by atomic mass is 16.4. The van der Waals surface area contributed by atoms with E-state index in [2.05, 4.69) is 5.10 Å². The number of para-hydroxylation sites is 1. The van der Waals surface area contributed by atoms with Gasteiger partial charge in [-0.3, -0.25) is 14.6 Å². The van der Waals surface area contributed by atoms with Crippen LogP contribution in [0, 0.1) is 11.3 Å². The molecule has 142 valence electrons. The monoisotopic (exact) mass is 371 g/mol. The van der Waals surface area contributed by atoms with Crippen LogP contribution in [-0.2, 0) is 14.4 Å². The highest BCUT2D eigenvalue weighted by Crippen LogP contribution is 2.49. The SMILES string of the molecule is O=C(O)C1CC(C(=O)N2C[C@@H]3CCC[C@@]3(C(=O)O)C2)=NN1c1ccccc1. The lowest BCUT2D eigenvalue weighted by Crippen LogP contribution is -2.40. The van der Waals surface area contributed by atoms with Crippen molar-refractivity contribution >= 4 is 29.2 Å². The summed E-state index contributed by atoms with van der Waals surface area (Å²) < 4.78 is 0. The molecule has 1 aromatic carbocycles. The minimum absolute atomic E-state index is 0.00426. The van der Waals surface area contributed by atoms with Gasteiger partial charge in [-0.25, -0.2) is 4.79 Å². The number of rotatable bonds is 4. The molecule has 1 aromatic rings. The van der Waals surface area contributed by atoms with Crippen LogP contribution in [0.5, 0.6) is 0 Å². The molecule has 27 heavy (non-hydrogen) atoms. The average Bonchev–Trinajstić information content (AvgIpc) is 3.34. The Balaban J connectivity index is 1.57. The number of carbonyl (C=O) groups is 3. The molecule has 1 saturated carbocycles. The van der Waals surface area contributed by atoms with Gasteiger partial charge in [-0.2, -0.15) is 5.10 Å². The first kappa shape index (κ1) is 17.5. The van der Waals surface area contributed by atoms with Gasteiger partial charge in [0.1, 0.15) is 5.71 Å². The number of amides is 1. The summed E-state index contributed by atoms with van der Waals surface area (Å²) in [5.41, 5.74) is -0.0834. The van der Waals surface area contributed by atoms with Crippen molar-refractivity contribution in [1.29, 1.82) is 0 Å². The summed E-state index contributed by atoms with van der Waals surface area (Å²) >= 11 is 0. The first-order chi connectivity index (χ1) is 12.9. The van der Waals surface area contributed by atoms with Crippen LogP contribution in [0.4, 0.5) is 5.69 Å². The molecule has 0 radical (unpaired) electrons. The molecular formula is C19H21N3O5. The molecule has 2 fully saturated rings. The molecule has 0 aromatic heterocycles. The average molecular weight is 371 g/mol. The molecule has 2 aliphatic heterocycles. The summed E-state index contributed by atoms with van der Waals surface area (Å²) in [6, 6.07) is 7.92. The molecule has 1 amide bonds. The van der Waals surface area contributed by atoms with Crippen molar-refractivity contribution in [3.63, 3.8) is 0 Å². The normalized spacial score (nSPS) is 29.6. The maximum Gasteiger partial charge on any atom is 0.328 e. The van der Waals surface area contributed by atoms with E-state index in [9.17, 15) is 24.6 Å². The first-order valence-corrected chi connectivity index (χ1v) is 9.09. The molecule has 1 saturated heterocycles. The lowest BCUT2D eigenvalue weighted by molar-refractivity contribution is -0.149. The smallest absolute Gasteiger partial charge is 0.328 e. The molecule has 1 aliphatic carbocycles. The van der Waals surface area contributed by atoms with Gasteiger partial charge in [-0.15, -0.1) is 0 Å². The van der Waals surface area contributed by atoms with E-state index >= 15 is 0 Å². The number of carboxylic acid groups (broad SMARTS) is 2. The number of carboxylic acids is 2. The van der Waals surface area contributed by atoms with E-state index in [1.54, 1.807) is 29.2 Å². The molecule has 8 heteroatoms. The highest BCUT2D eigenvalue weighted by molar-refractivity contribution is 6.40. The van der Waals surface area contributed by atoms with Gasteiger partial charge in [0.05, 0.1) is 11.1 Å². The minimum atomic E-state index is -1.05. The predicted octanol–water partition coefficient (Wildman–Crippen LogP) is 1.42. The van der Waals surface area contributed by atoms with Crippen molar-refractivity contribution in [2.24, 2.45) is 16.4 Å². The van der Waals surface area contributed by atoms with Gasteiger partial charge >= 0.3 is 11.9 Å². The van der Waals surface area contributed by atoms with Crippen molar-refractivity contribution in [2.75, 3.05) is 18.1 Å². The Morgan fingerprint density at radius 1 is 1.15 bits per heavy atom. The summed E-state index contributed by atoms with van der Waals surface area (Å²) in [7, 11) is 0. The Bertz CT molecular complexity index is 824. The second-order valence-electron chi connectivity index (χ2n) is 7.52. The van der Waals surface area contributed by atoms with Gasteiger partial charge < -0.3 is 15.1 Å². The summed E-state index contributed by atoms with van der Waals surface area (Å²) in [6.45, 7) is 0.571. The molecule has 2 heterocycles. The molecule has 3 aliphatic rings. The number of hydrogen-bond acceptors (Lipinski definition) is 5. The van der Waals surface area contributed by atoms with Crippen LogP contribution in [-0.4, -0.2) is 57.8 Å². The van der Waals surface area contributed by atoms with E-state index in [0.29, 0.717) is 18.7 Å². The third kappa shape index (κ3) is 2.75. The Kier molecular flexibility index (Phi) is 4.13. The Morgan fingerprint density at radius 2 is 1.89 bits per heavy atom. The summed E-state index contributed by atoms with van der Waals surface area (Å²) in [5.74, 6) is -2.29. The standard InChI is InChI=1S/C19H21N3O5/c23-16(21-10-12-5-4-8-19(12,11-21)18(26)27)14-9-15(17(24)25)22(20-14)13-6-2-1-3-7-13/h1-3,6-7,12,15H,4-5,8-11H2,(H,24,25)(H,26,27)/t12-,15?,19+/m0/s1. The molecule has 8 nitrogen and oxygen atoms in total. The van der Waals surface area contributed by atoms with Crippen LogP contribution in [0.2, 0.25) is 0 Å². The fourth-order valence-corrected chi connectivity index (χ4v) is 4.63. The zero-order chi connectivity index (χ0) is 19.2. The lowest BCUT2D eigenvalue weighted by atomic mass is 9.81. The number of likely N-dealkylation sites (tertiary alicyclic amines) is 1. The third-order valence-corrected chi connectivity index (χ3v) is 6.05. The number of aliphatic carboxylic acids is 2. The minimum Gasteiger partial charge on any atom is -0.481 e. The Hall–Kier alpha value is -2.90. The summed E-state index contributed by atoms with van der Waals surface area (Å²) in [6.07, 6.45) is 2.25. The largest absolute Gasteiger partial charge is 0.481 e. The van der Waals surface area contributed by atoms with Crippen LogP contribution in [0.25, 0.3) is 0 Å². The predicted molar refractivity (Wildman–Crippen MR) is 96.4 cm³/mol. The lowest BCUT2D eigenvalue weighted by Gasteiger charge is -2.23. The van der Waals surface area contributed by atoms with Gasteiger partial charge in [-0.1, -0.05) is 24.6 Å². The molecule has 1 unspecified atom stereocenters. The van der Waals surface area contributed by atoms with E-state index in [4.69, 9.17) is 0 Å². The second kappa shape index (κ2) is 6.37. The summed E-state index contributed by atoms with van der Waals surface area (Å²) in [4.78, 5) is 38.0. The van der Waals surface area contributed by atoms with Gasteiger partial charge in [0.2, 0.25) is 0 Å². The zero-order valence-corrected chi connectivity index (χ0v) is 14.7. The first-order valence-electron chi connectivity index (χ1n) is 9.09. The Labute approximate surface area is 156 Å². The molecule has 2 N–H and O–H groups in total. The van der Waals surface area contributed by atoms with E-state index in [1.165, 1.54) is 5.01 Å². The van der Waals surface area contributed by atoms with Crippen molar-refractivity contribution in [3.05, 3.63) is 30.3 Å². The van der Waals surface area contributed by atoms with Crippen molar-refractivity contribution in [2.45, 2.75) is 31.7 Å². The maximum atomic E-state index is 13.0. The second-order valence-corrected chi connectivity index (χ2v) is 7.52. The van der Waals surface area contributed by atoms with Crippen molar-refractivity contribution in [3.8, 4) is 0 Å². The number of hydrogen-bond donors (Lipinski definition) is 2. The number of hydrazone groups is 1. The van der Waals surface area contributed by atoms with Crippen molar-refractivity contribution in [1.82, 2.24) is 4.90 Å². The number of fused-ring (bicyclic) bond motifs is 1. The van der Waals surface area contributed by atoms with Crippen LogP contribution in [0.15, 0.2) is 35.4 Å². The van der Waals surface area contributed by atoms with E-state index < -0.39 is 23.4 Å². The fourth-order valence-electron chi connectivity index (χ4n) is 4.63. The van der Waals surface area contributed by atoms with Crippen LogP contribution in [0.3, 0.4) is 0 Å². The molecule has 0 bridgehead atoms. The Morgan fingerprint density at radius 3 is 2.52 bits per heavy atom. The van der Waals surface area contributed by atoms with E-state index in [0.717, 1.165) is 12.8 Å². The van der Waals surface area contributed by atoms with Crippen LogP contribution < -0.4 is 5.01 Å². The van der Waals surface area contributed by atoms with E-state index in [-0.39, 0.29) is 30.5 Å². The quantitative estimate of drug-likeness (QED) is 0.828. The molecular weight excluding hydrogens is 350 g/mol. The molecule has 3 atom stereocenters. The van der Waals surface area contributed by atoms with Gasteiger partial charge in [-0.05, 0) is 30.9 Å². The van der Waals surface area contributed by atoms with E-state index in [1.807, 2.05) is 6.07 Å². The molecule has 4 rings (SSSR count). The fraction of sp³-hybridized carbons (Fsp3) is 0.474. The van der Waals surface area contributed by atoms with Gasteiger partial charge in [0.25, 0.3) is 5.91 Å².